The Balaban J connectivity index is 1.87. The molecule has 3 nitrogen and oxygen atoms in total. The molecule has 0 saturated heterocycles. The third-order valence-corrected chi connectivity index (χ3v) is 4.37. The van der Waals surface area contributed by atoms with Gasteiger partial charge in [0.15, 0.2) is 0 Å². The zero-order chi connectivity index (χ0) is 17.6. The molecule has 130 valence electrons. The SMILES string of the molecule is CCOC(=O)C1=C(c2cccc(F)c2)CCN(Cc2ccccc2)C1. The van der Waals surface area contributed by atoms with Crippen LogP contribution in [0, 0.1) is 5.82 Å². The zero-order valence-electron chi connectivity index (χ0n) is 14.4. The van der Waals surface area contributed by atoms with Gasteiger partial charge in [-0.15, -0.1) is 0 Å². The Morgan fingerprint density at radius 2 is 1.96 bits per heavy atom. The van der Waals surface area contributed by atoms with Gasteiger partial charge in [0.1, 0.15) is 5.82 Å². The summed E-state index contributed by atoms with van der Waals surface area (Å²) in [6.45, 7) is 4.24. The molecule has 1 aliphatic rings. The highest BCUT2D eigenvalue weighted by atomic mass is 19.1. The maximum Gasteiger partial charge on any atom is 0.335 e. The van der Waals surface area contributed by atoms with Crippen molar-refractivity contribution in [2.45, 2.75) is 19.9 Å². The molecule has 0 radical (unpaired) electrons. The summed E-state index contributed by atoms with van der Waals surface area (Å²) >= 11 is 0. The van der Waals surface area contributed by atoms with Gasteiger partial charge in [-0.3, -0.25) is 4.90 Å². The standard InChI is InChI=1S/C21H22FNO2/c1-2-25-21(24)20-15-23(14-16-7-4-3-5-8-16)12-11-19(20)17-9-6-10-18(22)13-17/h3-10,13H,2,11-12,14-15H2,1H3. The van der Waals surface area contributed by atoms with Gasteiger partial charge in [-0.2, -0.15) is 0 Å². The number of benzene rings is 2. The average Bonchev–Trinajstić information content (AvgIpc) is 2.63. The van der Waals surface area contributed by atoms with E-state index in [0.717, 1.165) is 24.2 Å². The van der Waals surface area contributed by atoms with Crippen molar-refractivity contribution in [2.75, 3.05) is 19.7 Å². The number of esters is 1. The number of hydrogen-bond acceptors (Lipinski definition) is 3. The molecule has 1 aliphatic heterocycles. The van der Waals surface area contributed by atoms with E-state index in [0.29, 0.717) is 25.1 Å². The van der Waals surface area contributed by atoms with E-state index in [1.165, 1.54) is 17.7 Å². The van der Waals surface area contributed by atoms with Crippen LogP contribution in [-0.4, -0.2) is 30.6 Å². The number of carbonyl (C=O) groups excluding carboxylic acids is 1. The highest BCUT2D eigenvalue weighted by Crippen LogP contribution is 2.29. The van der Waals surface area contributed by atoms with Crippen LogP contribution in [0.2, 0.25) is 0 Å². The Hall–Kier alpha value is -2.46. The first-order valence-electron chi connectivity index (χ1n) is 8.58. The molecule has 0 bridgehead atoms. The third-order valence-electron chi connectivity index (χ3n) is 4.37. The van der Waals surface area contributed by atoms with E-state index in [4.69, 9.17) is 4.74 Å². The second-order valence-electron chi connectivity index (χ2n) is 6.13. The van der Waals surface area contributed by atoms with Crippen LogP contribution in [0.15, 0.2) is 60.2 Å². The molecule has 0 aliphatic carbocycles. The third kappa shape index (κ3) is 4.34. The first kappa shape index (κ1) is 17.4. The molecule has 4 heteroatoms. The number of halogens is 1. The van der Waals surface area contributed by atoms with Crippen LogP contribution in [0.1, 0.15) is 24.5 Å². The molecule has 2 aromatic rings. The molecule has 0 saturated carbocycles. The molecule has 25 heavy (non-hydrogen) atoms. The van der Waals surface area contributed by atoms with Crippen molar-refractivity contribution in [3.05, 3.63) is 77.1 Å². The molecule has 0 fully saturated rings. The number of ether oxygens (including phenoxy) is 1. The Morgan fingerprint density at radius 3 is 2.68 bits per heavy atom. The second-order valence-corrected chi connectivity index (χ2v) is 6.13. The van der Waals surface area contributed by atoms with Crippen LogP contribution in [0.5, 0.6) is 0 Å². The molecule has 0 spiro atoms. The van der Waals surface area contributed by atoms with E-state index in [9.17, 15) is 9.18 Å². The molecule has 1 heterocycles. The molecular weight excluding hydrogens is 317 g/mol. The molecule has 0 aromatic heterocycles. The van der Waals surface area contributed by atoms with E-state index in [-0.39, 0.29) is 11.8 Å². The minimum Gasteiger partial charge on any atom is -0.463 e. The number of carbonyl (C=O) groups is 1. The van der Waals surface area contributed by atoms with Crippen molar-refractivity contribution in [2.24, 2.45) is 0 Å². The van der Waals surface area contributed by atoms with E-state index >= 15 is 0 Å². The predicted molar refractivity (Wildman–Crippen MR) is 96.3 cm³/mol. The van der Waals surface area contributed by atoms with Crippen molar-refractivity contribution in [1.82, 2.24) is 4.90 Å². The van der Waals surface area contributed by atoms with Gasteiger partial charge >= 0.3 is 5.97 Å². The summed E-state index contributed by atoms with van der Waals surface area (Å²) < 4.78 is 18.9. The minimum atomic E-state index is -0.306. The fraction of sp³-hybridized carbons (Fsp3) is 0.286. The lowest BCUT2D eigenvalue weighted by Gasteiger charge is -2.30. The lowest BCUT2D eigenvalue weighted by molar-refractivity contribution is -0.138. The van der Waals surface area contributed by atoms with Gasteiger partial charge in [0.05, 0.1) is 12.2 Å². The van der Waals surface area contributed by atoms with Gasteiger partial charge < -0.3 is 4.74 Å². The Kier molecular flexibility index (Phi) is 5.61. The largest absolute Gasteiger partial charge is 0.463 e. The lowest BCUT2D eigenvalue weighted by atomic mass is 9.93. The Labute approximate surface area is 147 Å². The van der Waals surface area contributed by atoms with Gasteiger partial charge in [0.25, 0.3) is 0 Å². The number of nitrogens with zero attached hydrogens (tertiary/aromatic N) is 1. The molecular formula is C21H22FNO2. The topological polar surface area (TPSA) is 29.5 Å². The summed E-state index contributed by atoms with van der Waals surface area (Å²) in [7, 11) is 0. The van der Waals surface area contributed by atoms with Gasteiger partial charge in [-0.25, -0.2) is 9.18 Å². The Morgan fingerprint density at radius 1 is 1.16 bits per heavy atom. The van der Waals surface area contributed by atoms with E-state index < -0.39 is 0 Å². The number of rotatable bonds is 5. The van der Waals surface area contributed by atoms with Crippen molar-refractivity contribution in [3.8, 4) is 0 Å². The maximum atomic E-state index is 13.6. The van der Waals surface area contributed by atoms with Crippen LogP contribution in [0.3, 0.4) is 0 Å². The van der Waals surface area contributed by atoms with Crippen LogP contribution in [0.4, 0.5) is 4.39 Å². The summed E-state index contributed by atoms with van der Waals surface area (Å²) in [6.07, 6.45) is 0.699. The zero-order valence-corrected chi connectivity index (χ0v) is 14.4. The molecule has 0 atom stereocenters. The van der Waals surface area contributed by atoms with E-state index in [1.54, 1.807) is 13.0 Å². The predicted octanol–water partition coefficient (Wildman–Crippen LogP) is 4.05. The normalized spacial score (nSPS) is 15.3. The summed E-state index contributed by atoms with van der Waals surface area (Å²) in [5.74, 6) is -0.598. The summed E-state index contributed by atoms with van der Waals surface area (Å²) in [5.41, 5.74) is 3.50. The van der Waals surface area contributed by atoms with Gasteiger partial charge in [0, 0.05) is 19.6 Å². The van der Waals surface area contributed by atoms with E-state index in [1.807, 2.05) is 24.3 Å². The molecule has 0 unspecified atom stereocenters. The molecule has 2 aromatic carbocycles. The second kappa shape index (κ2) is 8.08. The maximum absolute atomic E-state index is 13.6. The lowest BCUT2D eigenvalue weighted by Crippen LogP contribution is -2.34. The molecule has 0 N–H and O–H groups in total. The van der Waals surface area contributed by atoms with Crippen LogP contribution in [-0.2, 0) is 16.1 Å². The van der Waals surface area contributed by atoms with Crippen LogP contribution in [0.25, 0.3) is 5.57 Å². The van der Waals surface area contributed by atoms with Gasteiger partial charge in [-0.05, 0) is 42.2 Å². The quantitative estimate of drug-likeness (QED) is 0.770. The molecule has 3 rings (SSSR count). The Bertz CT molecular complexity index is 770. The first-order chi connectivity index (χ1) is 12.2. The summed E-state index contributed by atoms with van der Waals surface area (Å²) in [4.78, 5) is 14.7. The summed E-state index contributed by atoms with van der Waals surface area (Å²) in [6, 6.07) is 16.6. The van der Waals surface area contributed by atoms with Gasteiger partial charge in [-0.1, -0.05) is 42.5 Å². The average molecular weight is 339 g/mol. The fourth-order valence-corrected chi connectivity index (χ4v) is 3.20. The van der Waals surface area contributed by atoms with Gasteiger partial charge in [0.2, 0.25) is 0 Å². The van der Waals surface area contributed by atoms with Crippen molar-refractivity contribution in [3.63, 3.8) is 0 Å². The first-order valence-corrected chi connectivity index (χ1v) is 8.58. The van der Waals surface area contributed by atoms with Crippen LogP contribution < -0.4 is 0 Å². The van der Waals surface area contributed by atoms with Crippen molar-refractivity contribution >= 4 is 11.5 Å². The number of hydrogen-bond donors (Lipinski definition) is 0. The molecule has 0 amide bonds. The summed E-state index contributed by atoms with van der Waals surface area (Å²) in [5, 5.41) is 0. The highest BCUT2D eigenvalue weighted by molar-refractivity contribution is 5.98. The highest BCUT2D eigenvalue weighted by Gasteiger charge is 2.25. The monoisotopic (exact) mass is 339 g/mol. The van der Waals surface area contributed by atoms with Crippen molar-refractivity contribution in [1.29, 1.82) is 0 Å². The van der Waals surface area contributed by atoms with Crippen molar-refractivity contribution < 1.29 is 13.9 Å². The fourth-order valence-electron chi connectivity index (χ4n) is 3.20. The van der Waals surface area contributed by atoms with E-state index in [2.05, 4.69) is 17.0 Å². The van der Waals surface area contributed by atoms with Crippen LogP contribution >= 0.6 is 0 Å². The minimum absolute atomic E-state index is 0.292. The smallest absolute Gasteiger partial charge is 0.335 e.